The summed E-state index contributed by atoms with van der Waals surface area (Å²) in [5, 5.41) is 2.85. The predicted octanol–water partition coefficient (Wildman–Crippen LogP) is 2.64. The van der Waals surface area contributed by atoms with E-state index in [0.29, 0.717) is 24.8 Å². The van der Waals surface area contributed by atoms with Gasteiger partial charge in [0.15, 0.2) is 0 Å². The first kappa shape index (κ1) is 17.3. The average Bonchev–Trinajstić information content (AvgIpc) is 3.07. The molecule has 26 heavy (non-hydrogen) atoms. The molecule has 0 atom stereocenters. The van der Waals surface area contributed by atoms with Crippen molar-refractivity contribution in [2.75, 3.05) is 37.7 Å². The molecule has 2 aliphatic heterocycles. The maximum atomic E-state index is 13.0. The number of anilines is 1. The van der Waals surface area contributed by atoms with E-state index in [1.165, 1.54) is 0 Å². The fourth-order valence-electron chi connectivity index (χ4n) is 4.57. The quantitative estimate of drug-likeness (QED) is 0.901. The van der Waals surface area contributed by atoms with E-state index in [9.17, 15) is 9.59 Å². The van der Waals surface area contributed by atoms with Crippen molar-refractivity contribution in [1.29, 1.82) is 0 Å². The summed E-state index contributed by atoms with van der Waals surface area (Å²) < 4.78 is 5.69. The molecule has 0 radical (unpaired) electrons. The number of ether oxygens (including phenoxy) is 1. The summed E-state index contributed by atoms with van der Waals surface area (Å²) in [6, 6.07) is 7.37. The maximum Gasteiger partial charge on any atom is 0.321 e. The highest BCUT2D eigenvalue weighted by atomic mass is 16.5. The number of hydrogen-bond donors (Lipinski definition) is 1. The van der Waals surface area contributed by atoms with Gasteiger partial charge in [-0.15, -0.1) is 0 Å². The van der Waals surface area contributed by atoms with Crippen molar-refractivity contribution in [3.63, 3.8) is 0 Å². The van der Waals surface area contributed by atoms with Crippen molar-refractivity contribution >= 4 is 17.6 Å². The molecule has 1 N–H and O–H groups in total. The van der Waals surface area contributed by atoms with Gasteiger partial charge in [-0.05, 0) is 56.2 Å². The first-order chi connectivity index (χ1) is 12.6. The summed E-state index contributed by atoms with van der Waals surface area (Å²) >= 11 is 0. The van der Waals surface area contributed by atoms with Gasteiger partial charge in [-0.25, -0.2) is 4.79 Å². The molecule has 6 nitrogen and oxygen atoms in total. The fraction of sp³-hybridized carbons (Fsp3) is 0.600. The number of carbonyl (C=O) groups is 2. The van der Waals surface area contributed by atoms with Gasteiger partial charge < -0.3 is 15.0 Å². The largest absolute Gasteiger partial charge is 0.378 e. The van der Waals surface area contributed by atoms with Gasteiger partial charge in [0.05, 0.1) is 6.10 Å². The second-order valence-corrected chi connectivity index (χ2v) is 7.75. The lowest BCUT2D eigenvalue weighted by molar-refractivity contribution is -0.0707. The number of urea groups is 1. The molecule has 1 aromatic carbocycles. The Hall–Kier alpha value is -2.08. The second-order valence-electron chi connectivity index (χ2n) is 7.75. The van der Waals surface area contributed by atoms with Crippen LogP contribution in [0, 0.1) is 5.41 Å². The van der Waals surface area contributed by atoms with E-state index in [0.717, 1.165) is 51.1 Å². The van der Waals surface area contributed by atoms with Crippen molar-refractivity contribution < 1.29 is 14.3 Å². The Kier molecular flexibility index (Phi) is 4.61. The number of hydrogen-bond acceptors (Lipinski definition) is 3. The standard InChI is InChI=1S/C20H27N3O3/c1-2-26-17-12-20(13-17)7-10-22(14-20)18(24)15-5-3-6-16(11-15)23-9-4-8-21-19(23)25/h3,5-6,11,17H,2,4,7-10,12-14H2,1H3,(H,21,25). The smallest absolute Gasteiger partial charge is 0.321 e. The molecule has 3 amide bonds. The molecular weight excluding hydrogens is 330 g/mol. The van der Waals surface area contributed by atoms with Crippen LogP contribution in [0.5, 0.6) is 0 Å². The normalized spacial score (nSPS) is 28.2. The topological polar surface area (TPSA) is 61.9 Å². The lowest BCUT2D eigenvalue weighted by Gasteiger charge is -2.44. The van der Waals surface area contributed by atoms with Crippen LogP contribution < -0.4 is 10.2 Å². The van der Waals surface area contributed by atoms with Crippen molar-refractivity contribution in [3.05, 3.63) is 29.8 Å². The molecule has 1 saturated carbocycles. The SMILES string of the molecule is CCOC1CC2(CCN(C(=O)c3cccc(N4CCCNC4=O)c3)C2)C1. The van der Waals surface area contributed by atoms with Crippen LogP contribution in [0.2, 0.25) is 0 Å². The molecule has 2 saturated heterocycles. The summed E-state index contributed by atoms with van der Waals surface area (Å²) in [6.45, 7) is 5.84. The van der Waals surface area contributed by atoms with E-state index in [4.69, 9.17) is 4.74 Å². The Bertz CT molecular complexity index is 699. The van der Waals surface area contributed by atoms with E-state index < -0.39 is 0 Å². The number of nitrogens with one attached hydrogen (secondary N) is 1. The molecule has 1 spiro atoms. The molecule has 0 unspecified atom stereocenters. The molecule has 4 rings (SSSR count). The molecule has 1 aromatic rings. The van der Waals surface area contributed by atoms with Crippen LogP contribution >= 0.6 is 0 Å². The van der Waals surface area contributed by atoms with Gasteiger partial charge in [0.25, 0.3) is 5.91 Å². The van der Waals surface area contributed by atoms with Crippen LogP contribution in [0.3, 0.4) is 0 Å². The Balaban J connectivity index is 1.43. The molecule has 0 aromatic heterocycles. The minimum atomic E-state index is -0.0857. The first-order valence-electron chi connectivity index (χ1n) is 9.66. The Morgan fingerprint density at radius 1 is 1.35 bits per heavy atom. The van der Waals surface area contributed by atoms with Crippen molar-refractivity contribution in [2.45, 2.75) is 38.7 Å². The summed E-state index contributed by atoms with van der Waals surface area (Å²) in [5.74, 6) is 0.0704. The van der Waals surface area contributed by atoms with Gasteiger partial charge in [0.1, 0.15) is 0 Å². The molecule has 0 bridgehead atoms. The minimum Gasteiger partial charge on any atom is -0.378 e. The van der Waals surface area contributed by atoms with E-state index in [1.807, 2.05) is 36.1 Å². The van der Waals surface area contributed by atoms with Gasteiger partial charge >= 0.3 is 6.03 Å². The molecular formula is C20H27N3O3. The van der Waals surface area contributed by atoms with Crippen LogP contribution in [0.4, 0.5) is 10.5 Å². The van der Waals surface area contributed by atoms with E-state index >= 15 is 0 Å². The summed E-state index contributed by atoms with van der Waals surface area (Å²) in [5.41, 5.74) is 1.72. The van der Waals surface area contributed by atoms with Crippen LogP contribution in [-0.2, 0) is 4.74 Å². The zero-order chi connectivity index (χ0) is 18.1. The lowest BCUT2D eigenvalue weighted by Crippen LogP contribution is -2.46. The highest BCUT2D eigenvalue weighted by molar-refractivity contribution is 5.98. The second kappa shape index (κ2) is 6.91. The summed E-state index contributed by atoms with van der Waals surface area (Å²) in [4.78, 5) is 28.7. The van der Waals surface area contributed by atoms with Crippen LogP contribution in [0.1, 0.15) is 43.0 Å². The van der Waals surface area contributed by atoms with Gasteiger partial charge in [-0.2, -0.15) is 0 Å². The van der Waals surface area contributed by atoms with Crippen LogP contribution in [-0.4, -0.2) is 55.7 Å². The highest BCUT2D eigenvalue weighted by Gasteiger charge is 2.49. The van der Waals surface area contributed by atoms with Gasteiger partial charge in [-0.3, -0.25) is 9.69 Å². The summed E-state index contributed by atoms with van der Waals surface area (Å²) in [7, 11) is 0. The Labute approximate surface area is 154 Å². The number of carbonyl (C=O) groups excluding carboxylic acids is 2. The van der Waals surface area contributed by atoms with Crippen molar-refractivity contribution in [2.24, 2.45) is 5.41 Å². The number of nitrogens with zero attached hydrogens (tertiary/aromatic N) is 2. The minimum absolute atomic E-state index is 0.0704. The van der Waals surface area contributed by atoms with Gasteiger partial charge in [-0.1, -0.05) is 6.07 Å². The maximum absolute atomic E-state index is 13.0. The highest BCUT2D eigenvalue weighted by Crippen LogP contribution is 2.49. The van der Waals surface area contributed by atoms with E-state index in [2.05, 4.69) is 5.32 Å². The molecule has 3 aliphatic rings. The molecule has 6 heteroatoms. The molecule has 2 heterocycles. The van der Waals surface area contributed by atoms with E-state index in [-0.39, 0.29) is 17.4 Å². The Morgan fingerprint density at radius 2 is 2.19 bits per heavy atom. The molecule has 140 valence electrons. The summed E-state index contributed by atoms with van der Waals surface area (Å²) in [6.07, 6.45) is 4.49. The van der Waals surface area contributed by atoms with Crippen molar-refractivity contribution in [1.82, 2.24) is 10.2 Å². The molecule has 3 fully saturated rings. The zero-order valence-electron chi connectivity index (χ0n) is 15.4. The fourth-order valence-corrected chi connectivity index (χ4v) is 4.57. The monoisotopic (exact) mass is 357 g/mol. The third-order valence-corrected chi connectivity index (χ3v) is 5.93. The zero-order valence-corrected chi connectivity index (χ0v) is 15.4. The van der Waals surface area contributed by atoms with Crippen LogP contribution in [0.25, 0.3) is 0 Å². The van der Waals surface area contributed by atoms with Gasteiger partial charge in [0, 0.05) is 44.0 Å². The third kappa shape index (κ3) is 3.18. The lowest BCUT2D eigenvalue weighted by atomic mass is 9.66. The van der Waals surface area contributed by atoms with Crippen molar-refractivity contribution in [3.8, 4) is 0 Å². The first-order valence-corrected chi connectivity index (χ1v) is 9.66. The van der Waals surface area contributed by atoms with Gasteiger partial charge in [0.2, 0.25) is 0 Å². The Morgan fingerprint density at radius 3 is 2.96 bits per heavy atom. The number of rotatable bonds is 4. The molecule has 1 aliphatic carbocycles. The predicted molar refractivity (Wildman–Crippen MR) is 99.4 cm³/mol. The number of amides is 3. The third-order valence-electron chi connectivity index (χ3n) is 5.93. The average molecular weight is 357 g/mol. The number of benzene rings is 1. The van der Waals surface area contributed by atoms with E-state index in [1.54, 1.807) is 4.90 Å². The van der Waals surface area contributed by atoms with Crippen LogP contribution in [0.15, 0.2) is 24.3 Å². The number of likely N-dealkylation sites (tertiary alicyclic amines) is 1.